The molecule has 1 aliphatic carbocycles. The summed E-state index contributed by atoms with van der Waals surface area (Å²) in [5.74, 6) is 0.505. The first kappa shape index (κ1) is 19.0. The van der Waals surface area contributed by atoms with Crippen LogP contribution >= 0.6 is 0 Å². The topological polar surface area (TPSA) is 75.9 Å². The molecule has 6 heteroatoms. The lowest BCUT2D eigenvalue weighted by Crippen LogP contribution is -2.49. The molecule has 2 fully saturated rings. The van der Waals surface area contributed by atoms with Gasteiger partial charge < -0.3 is 20.3 Å². The highest BCUT2D eigenvalue weighted by atomic mass is 16.6. The summed E-state index contributed by atoms with van der Waals surface area (Å²) in [6.45, 7) is 11.6. The predicted octanol–water partition coefficient (Wildman–Crippen LogP) is 2.22. The van der Waals surface area contributed by atoms with E-state index < -0.39 is 11.6 Å². The zero-order chi connectivity index (χ0) is 18.1. The van der Waals surface area contributed by atoms with E-state index in [9.17, 15) is 9.59 Å². The summed E-state index contributed by atoms with van der Waals surface area (Å²) < 4.78 is 5.44. The van der Waals surface area contributed by atoms with Gasteiger partial charge in [-0.2, -0.15) is 0 Å². The zero-order valence-electron chi connectivity index (χ0n) is 15.7. The Morgan fingerprint density at radius 1 is 1.25 bits per heavy atom. The molecule has 0 aromatic carbocycles. The molecule has 2 N–H and O–H groups in total. The van der Waals surface area contributed by atoms with Crippen molar-refractivity contribution in [2.24, 2.45) is 17.6 Å². The molecule has 24 heavy (non-hydrogen) atoms. The normalized spacial score (nSPS) is 22.6. The van der Waals surface area contributed by atoms with Crippen molar-refractivity contribution in [1.82, 2.24) is 9.80 Å². The van der Waals surface area contributed by atoms with Crippen LogP contribution in [0.4, 0.5) is 4.79 Å². The molecule has 138 valence electrons. The second-order valence-corrected chi connectivity index (χ2v) is 8.57. The maximum absolute atomic E-state index is 12.7. The number of nitrogens with zero attached hydrogens (tertiary/aromatic N) is 2. The number of amides is 2. The predicted molar refractivity (Wildman–Crippen MR) is 93.5 cm³/mol. The number of carbonyl (C=O) groups excluding carboxylic acids is 2. The van der Waals surface area contributed by atoms with Crippen LogP contribution in [0.25, 0.3) is 0 Å². The van der Waals surface area contributed by atoms with Gasteiger partial charge in [-0.25, -0.2) is 4.79 Å². The lowest BCUT2D eigenvalue weighted by molar-refractivity contribution is -0.134. The molecule has 0 aromatic rings. The largest absolute Gasteiger partial charge is 0.444 e. The molecule has 2 atom stereocenters. The molecule has 0 bridgehead atoms. The third-order valence-corrected chi connectivity index (χ3v) is 4.67. The van der Waals surface area contributed by atoms with Crippen LogP contribution in [0.1, 0.15) is 53.9 Å². The van der Waals surface area contributed by atoms with Gasteiger partial charge in [0.2, 0.25) is 5.91 Å². The number of likely N-dealkylation sites (tertiary alicyclic amines) is 1. The van der Waals surface area contributed by atoms with E-state index in [0.29, 0.717) is 31.6 Å². The van der Waals surface area contributed by atoms with Gasteiger partial charge in [0.05, 0.1) is 6.04 Å². The number of ether oxygens (including phenoxy) is 1. The van der Waals surface area contributed by atoms with Gasteiger partial charge in [0.1, 0.15) is 5.60 Å². The highest BCUT2D eigenvalue weighted by Crippen LogP contribution is 2.30. The van der Waals surface area contributed by atoms with E-state index in [2.05, 4.69) is 0 Å². The Morgan fingerprint density at radius 2 is 1.88 bits per heavy atom. The maximum atomic E-state index is 12.7. The third kappa shape index (κ3) is 5.10. The SMILES string of the molecule is CC(C)[C@H](N)C(=O)N(C[C@@H]1CCN(C(=O)OC(C)(C)C)C1)C1CC1. The average molecular weight is 339 g/mol. The fourth-order valence-electron chi connectivity index (χ4n) is 3.03. The van der Waals surface area contributed by atoms with Crippen LogP contribution in [-0.2, 0) is 9.53 Å². The van der Waals surface area contributed by atoms with Crippen molar-refractivity contribution in [3.63, 3.8) is 0 Å². The average Bonchev–Trinajstić information content (AvgIpc) is 3.19. The molecule has 1 heterocycles. The van der Waals surface area contributed by atoms with Crippen molar-refractivity contribution in [3.05, 3.63) is 0 Å². The molecule has 1 saturated carbocycles. The summed E-state index contributed by atoms with van der Waals surface area (Å²) in [4.78, 5) is 28.5. The molecule has 2 amide bonds. The van der Waals surface area contributed by atoms with E-state index in [1.807, 2.05) is 39.5 Å². The Balaban J connectivity index is 1.90. The van der Waals surface area contributed by atoms with Crippen molar-refractivity contribution >= 4 is 12.0 Å². The van der Waals surface area contributed by atoms with Gasteiger partial charge in [-0.05, 0) is 51.9 Å². The van der Waals surface area contributed by atoms with Gasteiger partial charge in [-0.3, -0.25) is 4.79 Å². The molecule has 0 radical (unpaired) electrons. The number of hydrogen-bond donors (Lipinski definition) is 1. The standard InChI is InChI=1S/C18H33N3O3/c1-12(2)15(19)16(22)21(14-6-7-14)11-13-8-9-20(10-13)17(23)24-18(3,4)5/h12-15H,6-11,19H2,1-5H3/t13-,15+/m1/s1. The minimum Gasteiger partial charge on any atom is -0.444 e. The van der Waals surface area contributed by atoms with Crippen LogP contribution < -0.4 is 5.73 Å². The Morgan fingerprint density at radius 3 is 2.38 bits per heavy atom. The highest BCUT2D eigenvalue weighted by molar-refractivity contribution is 5.82. The lowest BCUT2D eigenvalue weighted by atomic mass is 10.0. The quantitative estimate of drug-likeness (QED) is 0.833. The fourth-order valence-corrected chi connectivity index (χ4v) is 3.03. The molecule has 1 saturated heterocycles. The lowest BCUT2D eigenvalue weighted by Gasteiger charge is -2.30. The van der Waals surface area contributed by atoms with E-state index in [0.717, 1.165) is 19.3 Å². The molecule has 2 rings (SSSR count). The zero-order valence-corrected chi connectivity index (χ0v) is 15.7. The Labute approximate surface area is 145 Å². The summed E-state index contributed by atoms with van der Waals surface area (Å²) in [6.07, 6.45) is 2.79. The summed E-state index contributed by atoms with van der Waals surface area (Å²) in [7, 11) is 0. The van der Waals surface area contributed by atoms with Gasteiger partial charge in [0.15, 0.2) is 0 Å². The Bertz CT molecular complexity index is 469. The van der Waals surface area contributed by atoms with Crippen molar-refractivity contribution in [2.45, 2.75) is 71.6 Å². The van der Waals surface area contributed by atoms with E-state index >= 15 is 0 Å². The van der Waals surface area contributed by atoms with Crippen molar-refractivity contribution in [1.29, 1.82) is 0 Å². The van der Waals surface area contributed by atoms with Crippen molar-refractivity contribution in [2.75, 3.05) is 19.6 Å². The summed E-state index contributed by atoms with van der Waals surface area (Å²) >= 11 is 0. The van der Waals surface area contributed by atoms with Gasteiger partial charge in [-0.1, -0.05) is 13.8 Å². The van der Waals surface area contributed by atoms with Crippen molar-refractivity contribution in [3.8, 4) is 0 Å². The van der Waals surface area contributed by atoms with E-state index in [1.54, 1.807) is 4.90 Å². The Kier molecular flexibility index (Phi) is 5.78. The van der Waals surface area contributed by atoms with Crippen LogP contribution in [0.2, 0.25) is 0 Å². The van der Waals surface area contributed by atoms with E-state index in [4.69, 9.17) is 10.5 Å². The van der Waals surface area contributed by atoms with Crippen molar-refractivity contribution < 1.29 is 14.3 Å². The van der Waals surface area contributed by atoms with Crippen LogP contribution in [0.15, 0.2) is 0 Å². The molecular formula is C18H33N3O3. The molecule has 0 unspecified atom stereocenters. The van der Waals surface area contributed by atoms with Crippen LogP contribution in [0.5, 0.6) is 0 Å². The first-order valence-electron chi connectivity index (χ1n) is 9.12. The minimum absolute atomic E-state index is 0.0585. The van der Waals surface area contributed by atoms with Gasteiger partial charge >= 0.3 is 6.09 Å². The second-order valence-electron chi connectivity index (χ2n) is 8.57. The van der Waals surface area contributed by atoms with Gasteiger partial charge in [0, 0.05) is 25.7 Å². The summed E-state index contributed by atoms with van der Waals surface area (Å²) in [5.41, 5.74) is 5.59. The molecule has 0 aromatic heterocycles. The van der Waals surface area contributed by atoms with Crippen LogP contribution in [0.3, 0.4) is 0 Å². The highest BCUT2D eigenvalue weighted by Gasteiger charge is 2.38. The maximum Gasteiger partial charge on any atom is 0.410 e. The third-order valence-electron chi connectivity index (χ3n) is 4.67. The second kappa shape index (κ2) is 7.30. The van der Waals surface area contributed by atoms with Crippen LogP contribution in [-0.4, -0.2) is 59.1 Å². The number of rotatable bonds is 5. The first-order valence-corrected chi connectivity index (χ1v) is 9.12. The fraction of sp³-hybridized carbons (Fsp3) is 0.889. The molecule has 1 aliphatic heterocycles. The van der Waals surface area contributed by atoms with Gasteiger partial charge in [0.25, 0.3) is 0 Å². The Hall–Kier alpha value is -1.30. The molecule has 2 aliphatic rings. The smallest absolute Gasteiger partial charge is 0.410 e. The van der Waals surface area contributed by atoms with Crippen LogP contribution in [0, 0.1) is 11.8 Å². The van der Waals surface area contributed by atoms with E-state index in [1.165, 1.54) is 0 Å². The molecule has 6 nitrogen and oxygen atoms in total. The molecule has 0 spiro atoms. The summed E-state index contributed by atoms with van der Waals surface area (Å²) in [6, 6.07) is -0.0909. The number of carbonyl (C=O) groups is 2. The first-order chi connectivity index (χ1) is 11.1. The monoisotopic (exact) mass is 339 g/mol. The number of hydrogen-bond acceptors (Lipinski definition) is 4. The minimum atomic E-state index is -0.477. The summed E-state index contributed by atoms with van der Waals surface area (Å²) in [5, 5.41) is 0. The van der Waals surface area contributed by atoms with Gasteiger partial charge in [-0.15, -0.1) is 0 Å². The number of nitrogens with two attached hydrogens (primary N) is 1. The molecular weight excluding hydrogens is 306 g/mol. The van der Waals surface area contributed by atoms with E-state index in [-0.39, 0.29) is 17.9 Å².